The lowest BCUT2D eigenvalue weighted by molar-refractivity contribution is -0.137. The minimum atomic E-state index is -4.54. The summed E-state index contributed by atoms with van der Waals surface area (Å²) in [5.74, 6) is -0.322. The molecule has 9 nitrogen and oxygen atoms in total. The highest BCUT2D eigenvalue weighted by Crippen LogP contribution is 2.41. The summed E-state index contributed by atoms with van der Waals surface area (Å²) < 4.78 is 45.8. The molecular weight excluding hydrogens is 392 g/mol. The van der Waals surface area contributed by atoms with E-state index < -0.39 is 18.9 Å². The molecule has 0 saturated heterocycles. The van der Waals surface area contributed by atoms with Crippen LogP contribution in [-0.2, 0) is 12.7 Å². The molecule has 152 valence electrons. The average Bonchev–Trinajstić information content (AvgIpc) is 2.95. The summed E-state index contributed by atoms with van der Waals surface area (Å²) in [6.45, 7) is 0.412. The molecule has 13 heteroatoms. The molecule has 0 aliphatic heterocycles. The van der Waals surface area contributed by atoms with Crippen LogP contribution < -0.4 is 10.5 Å². The van der Waals surface area contributed by atoms with Crippen LogP contribution in [0.2, 0.25) is 5.82 Å². The van der Waals surface area contributed by atoms with Gasteiger partial charge in [0, 0.05) is 18.8 Å². The van der Waals surface area contributed by atoms with Crippen molar-refractivity contribution >= 4 is 24.0 Å². The highest BCUT2D eigenvalue weighted by molar-refractivity contribution is 6.43. The quantitative estimate of drug-likeness (QED) is 0.545. The molecule has 0 atom stereocenters. The first-order valence-corrected chi connectivity index (χ1v) is 8.76. The number of fused-ring (bicyclic) bond motifs is 1. The first-order valence-electron chi connectivity index (χ1n) is 8.76. The predicted octanol–water partition coefficient (Wildman–Crippen LogP) is 1.87. The van der Waals surface area contributed by atoms with Gasteiger partial charge in [0.15, 0.2) is 5.65 Å². The second kappa shape index (κ2) is 7.15. The minimum absolute atomic E-state index is 0.0528. The second-order valence-electron chi connectivity index (χ2n) is 6.94. The maximum Gasteiger partial charge on any atom is 0.454 e. The molecule has 0 bridgehead atoms. The van der Waals surface area contributed by atoms with Crippen LogP contribution in [0.3, 0.4) is 0 Å². The zero-order valence-electron chi connectivity index (χ0n) is 14.9. The Morgan fingerprint density at radius 2 is 2.00 bits per heavy atom. The number of nitrogens with two attached hydrogens (primary N) is 1. The van der Waals surface area contributed by atoms with E-state index in [1.54, 1.807) is 0 Å². The number of rotatable bonds is 5. The zero-order chi connectivity index (χ0) is 20.8. The largest absolute Gasteiger partial charge is 0.454 e. The SMILES string of the molecule is Nc1ncnc2c1c(Oc1cc(C(F)(F)F)ccn1)nn2CC1CC(B(O)O)C1. The monoisotopic (exact) mass is 408 g/mol. The van der Waals surface area contributed by atoms with E-state index in [9.17, 15) is 23.2 Å². The number of nitrogens with zero attached hydrogens (tertiary/aromatic N) is 5. The van der Waals surface area contributed by atoms with Crippen LogP contribution in [0, 0.1) is 5.92 Å². The maximum absolute atomic E-state index is 12.9. The molecule has 1 aliphatic carbocycles. The molecule has 1 saturated carbocycles. The van der Waals surface area contributed by atoms with Crippen LogP contribution in [0.4, 0.5) is 19.0 Å². The van der Waals surface area contributed by atoms with Gasteiger partial charge in [-0.25, -0.2) is 19.6 Å². The number of ether oxygens (including phenoxy) is 1. The van der Waals surface area contributed by atoms with Crippen LogP contribution in [-0.4, -0.2) is 41.9 Å². The number of nitrogen functional groups attached to an aromatic ring is 1. The molecule has 0 unspecified atom stereocenters. The highest BCUT2D eigenvalue weighted by Gasteiger charge is 2.38. The lowest BCUT2D eigenvalue weighted by Crippen LogP contribution is -2.34. The normalized spacial score (nSPS) is 19.2. The average molecular weight is 408 g/mol. The third-order valence-corrected chi connectivity index (χ3v) is 4.91. The molecular formula is C16H16BF3N6O3. The van der Waals surface area contributed by atoms with E-state index in [4.69, 9.17) is 10.5 Å². The summed E-state index contributed by atoms with van der Waals surface area (Å²) in [5, 5.41) is 23.0. The van der Waals surface area contributed by atoms with Crippen molar-refractivity contribution in [1.29, 1.82) is 0 Å². The van der Waals surface area contributed by atoms with E-state index >= 15 is 0 Å². The molecule has 0 aromatic carbocycles. The lowest BCUT2D eigenvalue weighted by Gasteiger charge is -2.34. The van der Waals surface area contributed by atoms with Gasteiger partial charge in [0.25, 0.3) is 5.88 Å². The Bertz CT molecular complexity index is 1040. The fraction of sp³-hybridized carbons (Fsp3) is 0.375. The van der Waals surface area contributed by atoms with Crippen molar-refractivity contribution in [3.8, 4) is 11.8 Å². The first kappa shape index (κ1) is 19.4. The fourth-order valence-corrected chi connectivity index (χ4v) is 3.36. The summed E-state index contributed by atoms with van der Waals surface area (Å²) in [7, 11) is -1.36. The number of anilines is 1. The molecule has 1 aliphatic rings. The standard InChI is InChI=1S/C16H16BF3N6O3/c18-16(19,20)9-1-2-22-11(5-9)29-15-12-13(21)23-7-24-14(12)26(25-15)6-8-3-10(4-8)17(27)28/h1-2,5,7-8,10,27-28H,3-4,6H2,(H2,21,23,24). The van der Waals surface area contributed by atoms with Crippen LogP contribution >= 0.6 is 0 Å². The van der Waals surface area contributed by atoms with E-state index in [1.807, 2.05) is 0 Å². The Morgan fingerprint density at radius 1 is 1.24 bits per heavy atom. The van der Waals surface area contributed by atoms with E-state index in [0.717, 1.165) is 18.3 Å². The minimum Gasteiger partial charge on any atom is -0.427 e. The Kier molecular flexibility index (Phi) is 4.78. The predicted molar refractivity (Wildman–Crippen MR) is 95.7 cm³/mol. The molecule has 29 heavy (non-hydrogen) atoms. The van der Waals surface area contributed by atoms with E-state index in [0.29, 0.717) is 25.0 Å². The number of alkyl halides is 3. The number of hydrogen-bond acceptors (Lipinski definition) is 8. The molecule has 0 radical (unpaired) electrons. The number of aromatic nitrogens is 5. The van der Waals surface area contributed by atoms with Gasteiger partial charge in [0.2, 0.25) is 5.88 Å². The Balaban J connectivity index is 1.63. The Hall–Kier alpha value is -2.93. The molecule has 1 fully saturated rings. The van der Waals surface area contributed by atoms with Crippen molar-refractivity contribution < 1.29 is 28.0 Å². The third-order valence-electron chi connectivity index (χ3n) is 4.91. The van der Waals surface area contributed by atoms with Gasteiger partial charge in [-0.2, -0.15) is 13.2 Å². The van der Waals surface area contributed by atoms with Crippen LogP contribution in [0.15, 0.2) is 24.7 Å². The molecule has 4 rings (SSSR count). The van der Waals surface area contributed by atoms with Crippen LogP contribution in [0.1, 0.15) is 18.4 Å². The molecule has 3 aromatic heterocycles. The van der Waals surface area contributed by atoms with Gasteiger partial charge in [-0.15, -0.1) is 5.10 Å². The van der Waals surface area contributed by atoms with Crippen molar-refractivity contribution in [2.24, 2.45) is 5.92 Å². The fourth-order valence-electron chi connectivity index (χ4n) is 3.36. The van der Waals surface area contributed by atoms with Gasteiger partial charge in [-0.3, -0.25) is 0 Å². The van der Waals surface area contributed by atoms with E-state index in [-0.39, 0.29) is 34.7 Å². The number of halogens is 3. The van der Waals surface area contributed by atoms with Crippen molar-refractivity contribution in [2.45, 2.75) is 31.4 Å². The van der Waals surface area contributed by atoms with Gasteiger partial charge < -0.3 is 20.5 Å². The van der Waals surface area contributed by atoms with Crippen molar-refractivity contribution in [1.82, 2.24) is 24.7 Å². The zero-order valence-corrected chi connectivity index (χ0v) is 14.9. The van der Waals surface area contributed by atoms with Crippen molar-refractivity contribution in [3.63, 3.8) is 0 Å². The molecule has 0 amide bonds. The smallest absolute Gasteiger partial charge is 0.427 e. The van der Waals surface area contributed by atoms with Crippen LogP contribution in [0.5, 0.6) is 11.8 Å². The Labute approximate surface area is 162 Å². The molecule has 3 heterocycles. The summed E-state index contributed by atoms with van der Waals surface area (Å²) in [6.07, 6.45) is -1.09. The van der Waals surface area contributed by atoms with Gasteiger partial charge in [0.1, 0.15) is 17.5 Å². The lowest BCUT2D eigenvalue weighted by atomic mass is 9.56. The van der Waals surface area contributed by atoms with Gasteiger partial charge in [-0.1, -0.05) is 0 Å². The highest BCUT2D eigenvalue weighted by atomic mass is 19.4. The second-order valence-corrected chi connectivity index (χ2v) is 6.94. The summed E-state index contributed by atoms with van der Waals surface area (Å²) in [6, 6.07) is 1.60. The first-order chi connectivity index (χ1) is 13.7. The van der Waals surface area contributed by atoms with E-state index in [2.05, 4.69) is 20.1 Å². The van der Waals surface area contributed by atoms with Gasteiger partial charge in [-0.05, 0) is 30.6 Å². The van der Waals surface area contributed by atoms with Gasteiger partial charge >= 0.3 is 13.3 Å². The summed E-state index contributed by atoms with van der Waals surface area (Å²) in [5.41, 5.74) is 5.38. The number of hydrogen-bond donors (Lipinski definition) is 3. The molecule has 0 spiro atoms. The molecule has 3 aromatic rings. The van der Waals surface area contributed by atoms with Crippen molar-refractivity contribution in [2.75, 3.05) is 5.73 Å². The summed E-state index contributed by atoms with van der Waals surface area (Å²) >= 11 is 0. The Morgan fingerprint density at radius 3 is 2.69 bits per heavy atom. The molecule has 4 N–H and O–H groups in total. The van der Waals surface area contributed by atoms with E-state index in [1.165, 1.54) is 11.0 Å². The van der Waals surface area contributed by atoms with Gasteiger partial charge in [0.05, 0.1) is 5.56 Å². The third kappa shape index (κ3) is 3.83. The maximum atomic E-state index is 12.9. The van der Waals surface area contributed by atoms with Crippen LogP contribution in [0.25, 0.3) is 11.0 Å². The van der Waals surface area contributed by atoms with Crippen molar-refractivity contribution in [3.05, 3.63) is 30.2 Å². The topological polar surface area (TPSA) is 132 Å². The summed E-state index contributed by atoms with van der Waals surface area (Å²) in [4.78, 5) is 11.9. The number of pyridine rings is 1.